The van der Waals surface area contributed by atoms with E-state index in [9.17, 15) is 4.79 Å². The summed E-state index contributed by atoms with van der Waals surface area (Å²) in [5.74, 6) is 0.700. The number of rotatable bonds is 6. The molecular formula is C16H12BrNOS3. The molecule has 0 N–H and O–H groups in total. The van der Waals surface area contributed by atoms with Crippen LogP contribution in [0.2, 0.25) is 0 Å². The van der Waals surface area contributed by atoms with Crippen molar-refractivity contribution >= 4 is 56.1 Å². The van der Waals surface area contributed by atoms with E-state index in [1.807, 2.05) is 47.8 Å². The van der Waals surface area contributed by atoms with Crippen LogP contribution in [0.25, 0.3) is 10.6 Å². The van der Waals surface area contributed by atoms with Crippen LogP contribution in [-0.2, 0) is 11.2 Å². The molecule has 0 radical (unpaired) electrons. The minimum absolute atomic E-state index is 0.210. The van der Waals surface area contributed by atoms with Gasteiger partial charge in [-0.1, -0.05) is 18.2 Å². The third kappa shape index (κ3) is 4.29. The van der Waals surface area contributed by atoms with Crippen LogP contribution in [0.15, 0.2) is 56.5 Å². The number of carbonyl (C=O) groups is 1. The van der Waals surface area contributed by atoms with Gasteiger partial charge in [-0.3, -0.25) is 4.79 Å². The number of benzene rings is 1. The lowest BCUT2D eigenvalue weighted by Gasteiger charge is -1.99. The van der Waals surface area contributed by atoms with Crippen LogP contribution in [-0.4, -0.2) is 16.5 Å². The first-order valence-electron chi connectivity index (χ1n) is 6.60. The van der Waals surface area contributed by atoms with Gasteiger partial charge in [-0.25, -0.2) is 4.98 Å². The quantitative estimate of drug-likeness (QED) is 0.500. The van der Waals surface area contributed by atoms with Crippen LogP contribution in [0.4, 0.5) is 0 Å². The summed E-state index contributed by atoms with van der Waals surface area (Å²) < 4.78 is 1.09. The summed E-state index contributed by atoms with van der Waals surface area (Å²) in [4.78, 5) is 18.9. The molecule has 0 aliphatic rings. The number of aromatic nitrogens is 1. The van der Waals surface area contributed by atoms with Gasteiger partial charge in [0, 0.05) is 10.3 Å². The van der Waals surface area contributed by atoms with Crippen molar-refractivity contribution in [1.82, 2.24) is 4.98 Å². The molecule has 22 heavy (non-hydrogen) atoms. The number of Topliss-reactive ketones (excluding diaryl/α,β-unsaturated/α-hetero) is 1. The third-order valence-corrected chi connectivity index (χ3v) is 6.44. The molecule has 0 aliphatic heterocycles. The molecule has 2 heterocycles. The van der Waals surface area contributed by atoms with Crippen LogP contribution in [0.1, 0.15) is 5.01 Å². The second kappa shape index (κ2) is 7.55. The highest BCUT2D eigenvalue weighted by Gasteiger charge is 2.11. The first kappa shape index (κ1) is 15.9. The van der Waals surface area contributed by atoms with Gasteiger partial charge in [-0.15, -0.1) is 34.4 Å². The highest BCUT2D eigenvalue weighted by Crippen LogP contribution is 2.32. The standard InChI is InChI=1S/C16H12BrNOS3/c17-15-7-6-14(22-15)13-10-21-16(18-13)8-11(19)9-20-12-4-2-1-3-5-12/h1-7,10H,8-9H2. The monoisotopic (exact) mass is 409 g/mol. The second-order valence-electron chi connectivity index (χ2n) is 4.55. The van der Waals surface area contributed by atoms with E-state index in [4.69, 9.17) is 0 Å². The molecule has 2 aromatic heterocycles. The van der Waals surface area contributed by atoms with Crippen molar-refractivity contribution in [1.29, 1.82) is 0 Å². The van der Waals surface area contributed by atoms with Crippen molar-refractivity contribution in [2.75, 3.05) is 5.75 Å². The van der Waals surface area contributed by atoms with Gasteiger partial charge in [-0.2, -0.15) is 0 Å². The minimum atomic E-state index is 0.210. The lowest BCUT2D eigenvalue weighted by molar-refractivity contribution is -0.116. The zero-order valence-electron chi connectivity index (χ0n) is 11.5. The van der Waals surface area contributed by atoms with E-state index in [0.717, 1.165) is 24.3 Å². The molecule has 1 aromatic carbocycles. The predicted molar refractivity (Wildman–Crippen MR) is 99.0 cm³/mol. The van der Waals surface area contributed by atoms with Gasteiger partial charge in [0.25, 0.3) is 0 Å². The van der Waals surface area contributed by atoms with Gasteiger partial charge < -0.3 is 0 Å². The summed E-state index contributed by atoms with van der Waals surface area (Å²) in [5, 5.41) is 2.91. The Hall–Kier alpha value is -0.950. The zero-order valence-corrected chi connectivity index (χ0v) is 15.5. The van der Waals surface area contributed by atoms with E-state index in [1.165, 1.54) is 0 Å². The van der Waals surface area contributed by atoms with Crippen LogP contribution in [0, 0.1) is 0 Å². The number of ketones is 1. The van der Waals surface area contributed by atoms with Gasteiger partial charge in [-0.05, 0) is 40.2 Å². The van der Waals surface area contributed by atoms with E-state index >= 15 is 0 Å². The van der Waals surface area contributed by atoms with E-state index in [0.29, 0.717) is 12.2 Å². The Morgan fingerprint density at radius 3 is 2.73 bits per heavy atom. The Morgan fingerprint density at radius 1 is 1.18 bits per heavy atom. The van der Waals surface area contributed by atoms with Crippen molar-refractivity contribution in [3.8, 4) is 10.6 Å². The van der Waals surface area contributed by atoms with E-state index in [1.54, 1.807) is 34.4 Å². The van der Waals surface area contributed by atoms with Gasteiger partial charge in [0.1, 0.15) is 10.8 Å². The van der Waals surface area contributed by atoms with Gasteiger partial charge >= 0.3 is 0 Å². The third-order valence-electron chi connectivity index (χ3n) is 2.87. The summed E-state index contributed by atoms with van der Waals surface area (Å²) in [6.07, 6.45) is 0.414. The van der Waals surface area contributed by atoms with Crippen molar-refractivity contribution in [3.05, 3.63) is 56.6 Å². The fourth-order valence-electron chi connectivity index (χ4n) is 1.86. The molecule has 0 atom stereocenters. The lowest BCUT2D eigenvalue weighted by Crippen LogP contribution is -2.05. The topological polar surface area (TPSA) is 30.0 Å². The average Bonchev–Trinajstić information content (AvgIpc) is 3.15. The molecule has 0 spiro atoms. The summed E-state index contributed by atoms with van der Waals surface area (Å²) >= 11 is 8.24. The largest absolute Gasteiger partial charge is 0.298 e. The Kier molecular flexibility index (Phi) is 5.46. The number of thiophene rings is 1. The Bertz CT molecular complexity index is 767. The molecule has 0 bridgehead atoms. The van der Waals surface area contributed by atoms with Crippen LogP contribution in [0.5, 0.6) is 0 Å². The summed E-state index contributed by atoms with van der Waals surface area (Å²) in [6.45, 7) is 0. The Labute approximate surface area is 149 Å². The second-order valence-corrected chi connectivity index (χ2v) is 9.00. The molecule has 112 valence electrons. The highest BCUT2D eigenvalue weighted by atomic mass is 79.9. The van der Waals surface area contributed by atoms with Gasteiger partial charge in [0.05, 0.1) is 26.5 Å². The van der Waals surface area contributed by atoms with Gasteiger partial charge in [0.15, 0.2) is 0 Å². The van der Waals surface area contributed by atoms with Crippen molar-refractivity contribution < 1.29 is 4.79 Å². The fourth-order valence-corrected chi connectivity index (χ4v) is 4.88. The number of nitrogens with zero attached hydrogens (tertiary/aromatic N) is 1. The van der Waals surface area contributed by atoms with E-state index in [-0.39, 0.29) is 5.78 Å². The first-order chi connectivity index (χ1) is 10.7. The molecule has 6 heteroatoms. The smallest absolute Gasteiger partial charge is 0.149 e. The number of thioether (sulfide) groups is 1. The highest BCUT2D eigenvalue weighted by molar-refractivity contribution is 9.11. The summed E-state index contributed by atoms with van der Waals surface area (Å²) in [7, 11) is 0. The Morgan fingerprint density at radius 2 is 2.00 bits per heavy atom. The molecular weight excluding hydrogens is 398 g/mol. The SMILES string of the molecule is O=C(CSc1ccccc1)Cc1nc(-c2ccc(Br)s2)cs1. The first-order valence-corrected chi connectivity index (χ1v) is 10.1. The number of carbonyl (C=O) groups excluding carboxylic acids is 1. The number of hydrogen-bond acceptors (Lipinski definition) is 5. The summed E-state index contributed by atoms with van der Waals surface area (Å²) in [5.41, 5.74) is 0.958. The van der Waals surface area contributed by atoms with Crippen molar-refractivity contribution in [3.63, 3.8) is 0 Å². The van der Waals surface area contributed by atoms with Crippen LogP contribution in [0.3, 0.4) is 0 Å². The van der Waals surface area contributed by atoms with Crippen molar-refractivity contribution in [2.45, 2.75) is 11.3 Å². The predicted octanol–water partition coefficient (Wildman–Crippen LogP) is 5.54. The number of hydrogen-bond donors (Lipinski definition) is 0. The maximum Gasteiger partial charge on any atom is 0.149 e. The summed E-state index contributed by atoms with van der Waals surface area (Å²) in [6, 6.07) is 14.0. The normalized spacial score (nSPS) is 10.8. The number of thiazole rings is 1. The number of halogens is 1. The molecule has 0 amide bonds. The van der Waals surface area contributed by atoms with Crippen LogP contribution >= 0.6 is 50.4 Å². The molecule has 0 saturated heterocycles. The van der Waals surface area contributed by atoms with Gasteiger partial charge in [0.2, 0.25) is 0 Å². The van der Waals surface area contributed by atoms with Crippen LogP contribution < -0.4 is 0 Å². The maximum absolute atomic E-state index is 12.1. The van der Waals surface area contributed by atoms with E-state index in [2.05, 4.69) is 20.9 Å². The van der Waals surface area contributed by atoms with E-state index < -0.39 is 0 Å². The van der Waals surface area contributed by atoms with Crippen molar-refractivity contribution in [2.24, 2.45) is 0 Å². The Balaban J connectivity index is 1.57. The molecule has 0 fully saturated rings. The molecule has 2 nitrogen and oxygen atoms in total. The maximum atomic E-state index is 12.1. The molecule has 0 saturated carbocycles. The fraction of sp³-hybridized carbons (Fsp3) is 0.125. The zero-order chi connectivity index (χ0) is 15.4. The molecule has 0 unspecified atom stereocenters. The average molecular weight is 410 g/mol. The lowest BCUT2D eigenvalue weighted by atomic mass is 10.3. The molecule has 3 rings (SSSR count). The minimum Gasteiger partial charge on any atom is -0.298 e. The molecule has 3 aromatic rings. The molecule has 0 aliphatic carbocycles.